The van der Waals surface area contributed by atoms with Gasteiger partial charge in [-0.15, -0.1) is 0 Å². The molecule has 1 aromatic heterocycles. The number of anilines is 2. The van der Waals surface area contributed by atoms with Crippen LogP contribution in [0.2, 0.25) is 0 Å². The first kappa shape index (κ1) is 24.9. The molecule has 8 heteroatoms. The van der Waals surface area contributed by atoms with Gasteiger partial charge in [0, 0.05) is 29.8 Å². The van der Waals surface area contributed by atoms with E-state index < -0.39 is 5.60 Å². The largest absolute Gasteiger partial charge is 0.496 e. The third kappa shape index (κ3) is 6.41. The Kier molecular flexibility index (Phi) is 7.26. The molecule has 2 heterocycles. The number of nitrogens with one attached hydrogen (secondary N) is 1. The first-order valence-corrected chi connectivity index (χ1v) is 11.6. The Morgan fingerprint density at radius 2 is 1.85 bits per heavy atom. The number of H-pyrrole nitrogens is 1. The van der Waals surface area contributed by atoms with Crippen molar-refractivity contribution in [3.8, 4) is 17.0 Å². The van der Waals surface area contributed by atoms with Crippen molar-refractivity contribution in [1.29, 1.82) is 0 Å². The number of hydrogen-bond acceptors (Lipinski definition) is 6. The Morgan fingerprint density at radius 1 is 1.18 bits per heavy atom. The van der Waals surface area contributed by atoms with Gasteiger partial charge in [0.05, 0.1) is 18.5 Å². The van der Waals surface area contributed by atoms with Crippen LogP contribution in [0, 0.1) is 5.92 Å². The molecule has 1 saturated heterocycles. The van der Waals surface area contributed by atoms with Gasteiger partial charge in [-0.3, -0.25) is 14.9 Å². The highest BCUT2D eigenvalue weighted by Crippen LogP contribution is 2.35. The molecule has 3 rings (SSSR count). The van der Waals surface area contributed by atoms with E-state index in [0.29, 0.717) is 24.0 Å². The van der Waals surface area contributed by atoms with Crippen LogP contribution >= 0.6 is 0 Å². The van der Waals surface area contributed by atoms with E-state index >= 15 is 0 Å². The SMILES string of the molecule is COc1cc(N(CC2CCN(C(C)(C)C)CC2)C(=O)OC(C)(C)C)ccc1-c1cc(N)n[nH]1. The zero-order chi connectivity index (χ0) is 24.4. The van der Waals surface area contributed by atoms with Gasteiger partial charge in [0.2, 0.25) is 0 Å². The number of amides is 1. The Bertz CT molecular complexity index is 950. The molecule has 182 valence electrons. The zero-order valence-electron chi connectivity index (χ0n) is 21.1. The fraction of sp³-hybridized carbons (Fsp3) is 0.600. The number of benzene rings is 1. The highest BCUT2D eigenvalue weighted by Gasteiger charge is 2.31. The molecule has 3 N–H and O–H groups in total. The highest BCUT2D eigenvalue weighted by molar-refractivity contribution is 5.89. The van der Waals surface area contributed by atoms with Crippen molar-refractivity contribution in [1.82, 2.24) is 15.1 Å². The summed E-state index contributed by atoms with van der Waals surface area (Å²) in [5, 5.41) is 6.92. The van der Waals surface area contributed by atoms with Crippen LogP contribution in [0.4, 0.5) is 16.3 Å². The number of nitrogen functional groups attached to an aromatic ring is 1. The molecule has 1 aliphatic rings. The summed E-state index contributed by atoms with van der Waals surface area (Å²) in [6.45, 7) is 15.1. The van der Waals surface area contributed by atoms with Gasteiger partial charge in [0.25, 0.3) is 0 Å². The quantitative estimate of drug-likeness (QED) is 0.661. The second-order valence-corrected chi connectivity index (χ2v) is 10.8. The lowest BCUT2D eigenvalue weighted by molar-refractivity contribution is 0.0551. The van der Waals surface area contributed by atoms with Crippen molar-refractivity contribution in [2.24, 2.45) is 5.92 Å². The minimum absolute atomic E-state index is 0.162. The van der Waals surface area contributed by atoms with Gasteiger partial charge < -0.3 is 15.2 Å². The summed E-state index contributed by atoms with van der Waals surface area (Å²) in [6, 6.07) is 7.47. The average Bonchev–Trinajstić information content (AvgIpc) is 3.16. The summed E-state index contributed by atoms with van der Waals surface area (Å²) in [4.78, 5) is 17.5. The van der Waals surface area contributed by atoms with Crippen molar-refractivity contribution in [2.75, 3.05) is 37.4 Å². The maximum Gasteiger partial charge on any atom is 0.414 e. The first-order chi connectivity index (χ1) is 15.4. The molecule has 0 spiro atoms. The van der Waals surface area contributed by atoms with E-state index in [0.717, 1.165) is 42.9 Å². The van der Waals surface area contributed by atoms with Gasteiger partial charge in [-0.1, -0.05) is 0 Å². The van der Waals surface area contributed by atoms with Crippen molar-refractivity contribution >= 4 is 17.6 Å². The van der Waals surface area contributed by atoms with Crippen LogP contribution in [-0.2, 0) is 4.74 Å². The first-order valence-electron chi connectivity index (χ1n) is 11.6. The van der Waals surface area contributed by atoms with Crippen LogP contribution in [0.3, 0.4) is 0 Å². The molecular formula is C25H39N5O3. The number of rotatable bonds is 5. The molecule has 0 atom stereocenters. The summed E-state index contributed by atoms with van der Waals surface area (Å²) in [5.74, 6) is 1.44. The van der Waals surface area contributed by atoms with Crippen molar-refractivity contribution < 1.29 is 14.3 Å². The molecule has 1 fully saturated rings. The zero-order valence-corrected chi connectivity index (χ0v) is 21.1. The lowest BCUT2D eigenvalue weighted by atomic mass is 9.92. The summed E-state index contributed by atoms with van der Waals surface area (Å²) >= 11 is 0. The van der Waals surface area contributed by atoms with Gasteiger partial charge >= 0.3 is 6.09 Å². The second kappa shape index (κ2) is 9.63. The third-order valence-electron chi connectivity index (χ3n) is 6.00. The Labute approximate surface area is 197 Å². The number of nitrogens with zero attached hydrogens (tertiary/aromatic N) is 3. The second-order valence-electron chi connectivity index (χ2n) is 10.8. The highest BCUT2D eigenvalue weighted by atomic mass is 16.6. The smallest absolute Gasteiger partial charge is 0.414 e. The number of aromatic nitrogens is 2. The van der Waals surface area contributed by atoms with E-state index in [1.165, 1.54) is 0 Å². The number of aromatic amines is 1. The summed E-state index contributed by atoms with van der Waals surface area (Å²) in [6.07, 6.45) is 1.74. The lowest BCUT2D eigenvalue weighted by Crippen LogP contribution is -2.48. The van der Waals surface area contributed by atoms with E-state index in [1.807, 2.05) is 39.0 Å². The maximum atomic E-state index is 13.2. The van der Waals surface area contributed by atoms with Crippen LogP contribution in [-0.4, -0.2) is 59.1 Å². The standard InChI is InChI=1S/C25H39N5O3/c1-24(2,3)29-12-10-17(11-13-29)16-30(23(31)33-25(4,5)6)18-8-9-19(21(14-18)32-7)20-15-22(26)28-27-20/h8-9,14-15,17H,10-13,16H2,1-7H3,(H3,26,27,28). The number of carbonyl (C=O) groups excluding carboxylic acids is 1. The summed E-state index contributed by atoms with van der Waals surface area (Å²) in [7, 11) is 1.61. The molecule has 0 unspecified atom stereocenters. The Balaban J connectivity index is 1.86. The molecule has 2 aromatic rings. The van der Waals surface area contributed by atoms with Crippen LogP contribution in [0.25, 0.3) is 11.3 Å². The molecule has 33 heavy (non-hydrogen) atoms. The van der Waals surface area contributed by atoms with E-state index in [-0.39, 0.29) is 11.6 Å². The number of methoxy groups -OCH3 is 1. The molecule has 1 aliphatic heterocycles. The predicted molar refractivity (Wildman–Crippen MR) is 133 cm³/mol. The number of piperidine rings is 1. The molecule has 1 amide bonds. The Morgan fingerprint density at radius 3 is 2.36 bits per heavy atom. The van der Waals surface area contributed by atoms with E-state index in [1.54, 1.807) is 18.1 Å². The van der Waals surface area contributed by atoms with Gasteiger partial charge in [-0.2, -0.15) is 5.10 Å². The lowest BCUT2D eigenvalue weighted by Gasteiger charge is -2.42. The summed E-state index contributed by atoms with van der Waals surface area (Å²) < 4.78 is 11.4. The number of ether oxygens (including phenoxy) is 2. The molecule has 0 saturated carbocycles. The molecule has 0 radical (unpaired) electrons. The van der Waals surface area contributed by atoms with E-state index in [2.05, 4.69) is 35.9 Å². The van der Waals surface area contributed by atoms with E-state index in [4.69, 9.17) is 15.2 Å². The monoisotopic (exact) mass is 457 g/mol. The minimum atomic E-state index is -0.581. The van der Waals surface area contributed by atoms with Crippen molar-refractivity contribution in [2.45, 2.75) is 65.5 Å². The molecule has 0 bridgehead atoms. The van der Waals surface area contributed by atoms with Crippen molar-refractivity contribution in [3.63, 3.8) is 0 Å². The van der Waals surface area contributed by atoms with Crippen LogP contribution in [0.15, 0.2) is 24.3 Å². The Hall–Kier alpha value is -2.74. The van der Waals surface area contributed by atoms with Crippen LogP contribution < -0.4 is 15.4 Å². The number of carbonyl (C=O) groups is 1. The van der Waals surface area contributed by atoms with Gasteiger partial charge in [-0.05, 0) is 85.5 Å². The fourth-order valence-corrected chi connectivity index (χ4v) is 4.19. The maximum absolute atomic E-state index is 13.2. The average molecular weight is 458 g/mol. The number of nitrogens with two attached hydrogens (primary N) is 1. The molecule has 1 aromatic carbocycles. The van der Waals surface area contributed by atoms with Gasteiger partial charge in [0.15, 0.2) is 0 Å². The van der Waals surface area contributed by atoms with Gasteiger partial charge in [0.1, 0.15) is 17.2 Å². The van der Waals surface area contributed by atoms with Gasteiger partial charge in [-0.25, -0.2) is 4.79 Å². The molecular weight excluding hydrogens is 418 g/mol. The molecule has 0 aliphatic carbocycles. The number of likely N-dealkylation sites (tertiary alicyclic amines) is 1. The van der Waals surface area contributed by atoms with Crippen molar-refractivity contribution in [3.05, 3.63) is 24.3 Å². The normalized spacial score (nSPS) is 16.0. The topological polar surface area (TPSA) is 96.7 Å². The van der Waals surface area contributed by atoms with E-state index in [9.17, 15) is 4.79 Å². The molecule has 8 nitrogen and oxygen atoms in total. The summed E-state index contributed by atoms with van der Waals surface area (Å²) in [5.41, 5.74) is 7.68. The van der Waals surface area contributed by atoms with Crippen LogP contribution in [0.1, 0.15) is 54.4 Å². The third-order valence-corrected chi connectivity index (χ3v) is 6.00. The minimum Gasteiger partial charge on any atom is -0.496 e. The fourth-order valence-electron chi connectivity index (χ4n) is 4.19. The predicted octanol–water partition coefficient (Wildman–Crippen LogP) is 4.92. The van der Waals surface area contributed by atoms with Crippen LogP contribution in [0.5, 0.6) is 5.75 Å². The number of hydrogen-bond donors (Lipinski definition) is 2.